The van der Waals surface area contributed by atoms with Crippen LogP contribution in [0.3, 0.4) is 0 Å². The number of aliphatic hydroxyl groups is 2. The molecule has 1 fully saturated rings. The van der Waals surface area contributed by atoms with Gasteiger partial charge in [0.05, 0.1) is 13.2 Å². The summed E-state index contributed by atoms with van der Waals surface area (Å²) in [6.07, 6.45) is -5.81. The van der Waals surface area contributed by atoms with Crippen LogP contribution in [0.25, 0.3) is 0 Å². The van der Waals surface area contributed by atoms with Gasteiger partial charge in [0, 0.05) is 13.8 Å². The predicted molar refractivity (Wildman–Crippen MR) is 84.1 cm³/mol. The number of carbonyl (C=O) groups is 2. The molecule has 5 atom stereocenters. The Morgan fingerprint density at radius 3 is 2.20 bits per heavy atom. The lowest BCUT2D eigenvalue weighted by Gasteiger charge is -2.42. The van der Waals surface area contributed by atoms with E-state index in [0.717, 1.165) is 12.5 Å². The third-order valence-corrected chi connectivity index (χ3v) is 3.68. The van der Waals surface area contributed by atoms with Gasteiger partial charge in [0.25, 0.3) is 0 Å². The molecule has 0 bridgehead atoms. The molecule has 138 valence electrons. The molecule has 1 aliphatic heterocycles. The Bertz CT molecular complexity index is 575. The Balaban J connectivity index is 2.21. The molecule has 0 aliphatic carbocycles. The summed E-state index contributed by atoms with van der Waals surface area (Å²) in [7, 11) is 0. The third-order valence-electron chi connectivity index (χ3n) is 3.68. The first-order valence-corrected chi connectivity index (χ1v) is 7.86. The zero-order valence-corrected chi connectivity index (χ0v) is 14.0. The number of hydrogen-bond acceptors (Lipinski definition) is 8. The van der Waals surface area contributed by atoms with E-state index in [-0.39, 0.29) is 6.61 Å². The van der Waals surface area contributed by atoms with Crippen LogP contribution >= 0.6 is 0 Å². The van der Waals surface area contributed by atoms with Gasteiger partial charge >= 0.3 is 11.9 Å². The molecular weight excluding hydrogens is 332 g/mol. The number of carbonyl (C=O) groups excluding carboxylic acids is 2. The van der Waals surface area contributed by atoms with Gasteiger partial charge in [-0.3, -0.25) is 9.59 Å². The molecule has 0 unspecified atom stereocenters. The van der Waals surface area contributed by atoms with E-state index in [2.05, 4.69) is 0 Å². The molecule has 2 N–H and O–H groups in total. The molecule has 0 spiro atoms. The van der Waals surface area contributed by atoms with Gasteiger partial charge in [0.1, 0.15) is 12.2 Å². The molecule has 25 heavy (non-hydrogen) atoms. The van der Waals surface area contributed by atoms with E-state index in [4.69, 9.17) is 18.9 Å². The van der Waals surface area contributed by atoms with Crippen molar-refractivity contribution in [1.82, 2.24) is 0 Å². The molecule has 8 heteroatoms. The summed E-state index contributed by atoms with van der Waals surface area (Å²) in [5.74, 6) is -1.31. The summed E-state index contributed by atoms with van der Waals surface area (Å²) >= 11 is 0. The molecule has 8 nitrogen and oxygen atoms in total. The Hall–Kier alpha value is -2.00. The molecule has 1 aliphatic rings. The van der Waals surface area contributed by atoms with Crippen LogP contribution in [0.1, 0.15) is 19.4 Å². The van der Waals surface area contributed by atoms with Crippen LogP contribution in [0.2, 0.25) is 0 Å². The zero-order chi connectivity index (χ0) is 18.4. The van der Waals surface area contributed by atoms with Crippen molar-refractivity contribution in [1.29, 1.82) is 0 Å². The normalized spacial score (nSPS) is 29.0. The minimum absolute atomic E-state index is 0.159. The van der Waals surface area contributed by atoms with Crippen molar-refractivity contribution in [3.63, 3.8) is 0 Å². The minimum Gasteiger partial charge on any atom is -0.455 e. The van der Waals surface area contributed by atoms with Gasteiger partial charge in [-0.05, 0) is 5.56 Å². The zero-order valence-electron chi connectivity index (χ0n) is 14.0. The van der Waals surface area contributed by atoms with Crippen LogP contribution in [0.4, 0.5) is 0 Å². The van der Waals surface area contributed by atoms with Gasteiger partial charge in [0.15, 0.2) is 18.5 Å². The summed E-state index contributed by atoms with van der Waals surface area (Å²) in [6.45, 7) is 2.04. The quantitative estimate of drug-likeness (QED) is 0.694. The Morgan fingerprint density at radius 2 is 1.64 bits per heavy atom. The predicted octanol–water partition coefficient (Wildman–Crippen LogP) is 0.145. The Labute approximate surface area is 145 Å². The van der Waals surface area contributed by atoms with E-state index in [0.29, 0.717) is 0 Å². The lowest BCUT2D eigenvalue weighted by atomic mass is 9.98. The van der Waals surface area contributed by atoms with Crippen molar-refractivity contribution < 1.29 is 38.7 Å². The molecule has 2 rings (SSSR count). The second-order valence-electron chi connectivity index (χ2n) is 5.66. The minimum atomic E-state index is -1.55. The number of rotatable bonds is 6. The van der Waals surface area contributed by atoms with Crippen molar-refractivity contribution in [3.8, 4) is 0 Å². The third kappa shape index (κ3) is 5.23. The van der Waals surface area contributed by atoms with Gasteiger partial charge in [-0.1, -0.05) is 30.3 Å². The molecule has 1 aromatic rings. The monoisotopic (exact) mass is 354 g/mol. The van der Waals surface area contributed by atoms with E-state index < -0.39 is 49.3 Å². The first kappa shape index (κ1) is 19.3. The van der Waals surface area contributed by atoms with Crippen LogP contribution in [0.15, 0.2) is 30.3 Å². The lowest BCUT2D eigenvalue weighted by Crippen LogP contribution is -2.61. The molecular formula is C17H22O8. The van der Waals surface area contributed by atoms with Crippen LogP contribution in [0.5, 0.6) is 0 Å². The largest absolute Gasteiger partial charge is 0.455 e. The smallest absolute Gasteiger partial charge is 0.303 e. The molecule has 0 aromatic heterocycles. The highest BCUT2D eigenvalue weighted by Crippen LogP contribution is 2.28. The van der Waals surface area contributed by atoms with Crippen molar-refractivity contribution in [2.75, 3.05) is 6.61 Å². The standard InChI is InChI=1S/C17H22O8/c1-10(19)23-15-14(22-9-12-6-4-3-5-7-12)13(8-18)25-17(21)16(15)24-11(2)20/h3-7,13-18,21H,8-9H2,1-2H3/t13-,14-,15+,16-,17+/m1/s1. The van der Waals surface area contributed by atoms with Crippen LogP contribution in [0, 0.1) is 0 Å². The van der Waals surface area contributed by atoms with E-state index in [1.807, 2.05) is 30.3 Å². The van der Waals surface area contributed by atoms with Gasteiger partial charge < -0.3 is 29.2 Å². The maximum atomic E-state index is 11.5. The number of esters is 2. The number of aliphatic hydroxyl groups excluding tert-OH is 2. The van der Waals surface area contributed by atoms with Gasteiger partial charge in [-0.25, -0.2) is 0 Å². The van der Waals surface area contributed by atoms with Gasteiger partial charge in [0.2, 0.25) is 0 Å². The molecule has 0 amide bonds. The van der Waals surface area contributed by atoms with Crippen molar-refractivity contribution in [2.45, 2.75) is 51.2 Å². The molecule has 0 radical (unpaired) electrons. The first-order chi connectivity index (χ1) is 11.9. The second kappa shape index (κ2) is 8.91. The number of benzene rings is 1. The van der Waals surface area contributed by atoms with E-state index in [1.54, 1.807) is 0 Å². The Kier molecular flexibility index (Phi) is 6.89. The first-order valence-electron chi connectivity index (χ1n) is 7.86. The number of ether oxygens (including phenoxy) is 4. The average molecular weight is 354 g/mol. The molecule has 1 heterocycles. The summed E-state index contributed by atoms with van der Waals surface area (Å²) in [5, 5.41) is 19.6. The van der Waals surface area contributed by atoms with Gasteiger partial charge in [-0.15, -0.1) is 0 Å². The van der Waals surface area contributed by atoms with Crippen LogP contribution in [-0.2, 0) is 35.1 Å². The average Bonchev–Trinajstić information content (AvgIpc) is 2.57. The fraction of sp³-hybridized carbons (Fsp3) is 0.529. The fourth-order valence-electron chi connectivity index (χ4n) is 2.65. The highest BCUT2D eigenvalue weighted by molar-refractivity contribution is 5.67. The van der Waals surface area contributed by atoms with Crippen molar-refractivity contribution >= 4 is 11.9 Å². The maximum absolute atomic E-state index is 11.5. The van der Waals surface area contributed by atoms with E-state index in [9.17, 15) is 19.8 Å². The summed E-state index contributed by atoms with van der Waals surface area (Å²) < 4.78 is 21.3. The molecule has 1 saturated heterocycles. The summed E-state index contributed by atoms with van der Waals surface area (Å²) in [4.78, 5) is 22.8. The number of hydrogen-bond donors (Lipinski definition) is 2. The Morgan fingerprint density at radius 1 is 1.04 bits per heavy atom. The highest BCUT2D eigenvalue weighted by Gasteiger charge is 2.50. The summed E-state index contributed by atoms with van der Waals surface area (Å²) in [5.41, 5.74) is 0.857. The maximum Gasteiger partial charge on any atom is 0.303 e. The van der Waals surface area contributed by atoms with Crippen molar-refractivity contribution in [2.24, 2.45) is 0 Å². The van der Waals surface area contributed by atoms with Gasteiger partial charge in [-0.2, -0.15) is 0 Å². The SMILES string of the molecule is CC(=O)O[C@@H]1[C@@H](OC(C)=O)[C@@H](O)O[C@H](CO)[C@H]1OCc1ccccc1. The van der Waals surface area contributed by atoms with E-state index >= 15 is 0 Å². The van der Waals surface area contributed by atoms with E-state index in [1.165, 1.54) is 6.92 Å². The second-order valence-corrected chi connectivity index (χ2v) is 5.66. The van der Waals surface area contributed by atoms with Crippen molar-refractivity contribution in [3.05, 3.63) is 35.9 Å². The summed E-state index contributed by atoms with van der Waals surface area (Å²) in [6, 6.07) is 9.23. The molecule has 0 saturated carbocycles. The fourth-order valence-corrected chi connectivity index (χ4v) is 2.65. The highest BCUT2D eigenvalue weighted by atomic mass is 16.7. The lowest BCUT2D eigenvalue weighted by molar-refractivity contribution is -0.301. The van der Waals surface area contributed by atoms with Crippen LogP contribution < -0.4 is 0 Å². The molecule has 1 aromatic carbocycles. The topological polar surface area (TPSA) is 112 Å². The van der Waals surface area contributed by atoms with Crippen LogP contribution in [-0.4, -0.2) is 59.5 Å².